The number of hydrogen-bond donors (Lipinski definition) is 0. The van der Waals surface area contributed by atoms with Gasteiger partial charge in [-0.1, -0.05) is 26.5 Å². The molecule has 47 heavy (non-hydrogen) atoms. The van der Waals surface area contributed by atoms with Crippen LogP contribution in [-0.2, 0) is 52.3 Å². The van der Waals surface area contributed by atoms with E-state index < -0.39 is 60.1 Å². The summed E-state index contributed by atoms with van der Waals surface area (Å²) in [7, 11) is 1.48. The molecule has 0 aromatic heterocycles. The second-order valence-electron chi connectivity index (χ2n) is 15.0. The maximum atomic E-state index is 13.2. The average molecular weight is 661 g/mol. The average Bonchev–Trinajstić information content (AvgIpc) is 3.17. The summed E-state index contributed by atoms with van der Waals surface area (Å²) in [4.78, 5) is 50.4. The molecule has 5 rings (SSSR count). The Morgan fingerprint density at radius 1 is 0.851 bits per heavy atom. The molecule has 1 spiro atoms. The smallest absolute Gasteiger partial charge is 0.311 e. The van der Waals surface area contributed by atoms with Crippen molar-refractivity contribution in [3.63, 3.8) is 0 Å². The number of methoxy groups -OCH3 is 1. The van der Waals surface area contributed by atoms with E-state index in [-0.39, 0.29) is 41.2 Å². The van der Waals surface area contributed by atoms with Gasteiger partial charge in [-0.3, -0.25) is 19.2 Å². The van der Waals surface area contributed by atoms with E-state index in [2.05, 4.69) is 27.0 Å². The molecule has 4 saturated carbocycles. The van der Waals surface area contributed by atoms with Crippen molar-refractivity contribution in [1.82, 2.24) is 0 Å². The minimum absolute atomic E-state index is 0.0778. The van der Waals surface area contributed by atoms with Gasteiger partial charge in [-0.2, -0.15) is 0 Å². The Hall–Kier alpha value is -2.92. The highest BCUT2D eigenvalue weighted by atomic mass is 16.7. The number of allylic oxidation sites excluding steroid dienone is 1. The number of rotatable bonds is 9. The molecule has 0 aromatic carbocycles. The highest BCUT2D eigenvalue weighted by Crippen LogP contribution is 2.72. The van der Waals surface area contributed by atoms with Gasteiger partial charge in [0.05, 0.1) is 24.4 Å². The Balaban J connectivity index is 1.53. The van der Waals surface area contributed by atoms with E-state index >= 15 is 0 Å². The lowest BCUT2D eigenvalue weighted by Gasteiger charge is -2.64. The van der Waals surface area contributed by atoms with Crippen LogP contribution in [0, 0.1) is 34.0 Å². The number of carbonyl (C=O) groups is 4. The maximum Gasteiger partial charge on any atom is 0.311 e. The minimum atomic E-state index is -1.24. The Morgan fingerprint density at radius 2 is 1.49 bits per heavy atom. The zero-order valence-electron chi connectivity index (χ0n) is 29.0. The molecular formula is C36H52O11. The first-order valence-corrected chi connectivity index (χ1v) is 17.0. The molecular weight excluding hydrogens is 608 g/mol. The van der Waals surface area contributed by atoms with Crippen LogP contribution in [0.25, 0.3) is 0 Å². The van der Waals surface area contributed by atoms with Crippen LogP contribution in [0.5, 0.6) is 0 Å². The Kier molecular flexibility index (Phi) is 9.92. The van der Waals surface area contributed by atoms with Crippen molar-refractivity contribution in [2.75, 3.05) is 13.7 Å². The number of fused-ring (bicyclic) bond motifs is 3. The van der Waals surface area contributed by atoms with Crippen molar-refractivity contribution in [2.24, 2.45) is 34.0 Å². The lowest BCUT2D eigenvalue weighted by Crippen LogP contribution is -2.64. The second-order valence-corrected chi connectivity index (χ2v) is 15.0. The highest BCUT2D eigenvalue weighted by Gasteiger charge is 2.69. The molecule has 1 heterocycles. The van der Waals surface area contributed by atoms with E-state index in [0.29, 0.717) is 5.76 Å². The van der Waals surface area contributed by atoms with Crippen LogP contribution in [-0.4, -0.2) is 74.4 Å². The van der Waals surface area contributed by atoms with E-state index in [0.717, 1.165) is 56.9 Å². The van der Waals surface area contributed by atoms with Gasteiger partial charge in [0.25, 0.3) is 0 Å². The van der Waals surface area contributed by atoms with E-state index in [4.69, 9.17) is 33.2 Å². The fraction of sp³-hybridized carbons (Fsp3) is 0.778. The standard InChI is InChI=1S/C36H52O11/c1-19(2)42-18-25-28(43-21(4)37)29(44-22(5)38)30(45-23(6)39)32(46-25)47-31-20(3)24-11-12-27-34(7)14-10-15-35(8,33(40)41-9)26(34)13-16-36(27,31)17-24/h24-32H,1,3,10-18H2,2,4-9H3. The quantitative estimate of drug-likeness (QED) is 0.140. The third-order valence-corrected chi connectivity index (χ3v) is 12.1. The molecule has 0 radical (unpaired) electrons. The molecule has 11 nitrogen and oxygen atoms in total. The van der Waals surface area contributed by atoms with Crippen molar-refractivity contribution >= 4 is 23.9 Å². The van der Waals surface area contributed by atoms with Gasteiger partial charge in [0.15, 0.2) is 24.6 Å². The molecule has 12 atom stereocenters. The van der Waals surface area contributed by atoms with Crippen LogP contribution < -0.4 is 0 Å². The monoisotopic (exact) mass is 660 g/mol. The van der Waals surface area contributed by atoms with Gasteiger partial charge in [0, 0.05) is 26.2 Å². The highest BCUT2D eigenvalue weighted by molar-refractivity contribution is 5.77. The Morgan fingerprint density at radius 3 is 2.11 bits per heavy atom. The largest absolute Gasteiger partial charge is 0.496 e. The van der Waals surface area contributed by atoms with Gasteiger partial charge < -0.3 is 33.2 Å². The summed E-state index contributed by atoms with van der Waals surface area (Å²) in [6, 6.07) is 0. The Bertz CT molecular complexity index is 1290. The van der Waals surface area contributed by atoms with E-state index in [1.165, 1.54) is 27.9 Å². The van der Waals surface area contributed by atoms with Crippen molar-refractivity contribution < 1.29 is 52.3 Å². The van der Waals surface area contributed by atoms with Gasteiger partial charge in [-0.05, 0) is 87.5 Å². The van der Waals surface area contributed by atoms with Crippen molar-refractivity contribution in [3.05, 3.63) is 24.5 Å². The van der Waals surface area contributed by atoms with E-state index in [9.17, 15) is 19.2 Å². The summed E-state index contributed by atoms with van der Waals surface area (Å²) < 4.78 is 41.7. The molecule has 11 heteroatoms. The summed E-state index contributed by atoms with van der Waals surface area (Å²) in [6.45, 7) is 18.1. The topological polar surface area (TPSA) is 133 Å². The molecule has 0 aromatic rings. The minimum Gasteiger partial charge on any atom is -0.496 e. The lowest BCUT2D eigenvalue weighted by molar-refractivity contribution is -0.325. The van der Waals surface area contributed by atoms with Crippen molar-refractivity contribution in [2.45, 2.75) is 130 Å². The van der Waals surface area contributed by atoms with E-state index in [1.807, 2.05) is 0 Å². The fourth-order valence-electron chi connectivity index (χ4n) is 10.5. The summed E-state index contributed by atoms with van der Waals surface area (Å²) in [5, 5.41) is 0. The zero-order chi connectivity index (χ0) is 34.5. The summed E-state index contributed by atoms with van der Waals surface area (Å²) in [5.74, 6) is -0.981. The van der Waals surface area contributed by atoms with Gasteiger partial charge in [0.1, 0.15) is 12.7 Å². The zero-order valence-corrected chi connectivity index (χ0v) is 29.0. The third-order valence-electron chi connectivity index (χ3n) is 12.1. The number of ether oxygens (including phenoxy) is 7. The molecule has 5 fully saturated rings. The third kappa shape index (κ3) is 6.22. The first-order valence-electron chi connectivity index (χ1n) is 17.0. The molecule has 4 aliphatic carbocycles. The predicted molar refractivity (Wildman–Crippen MR) is 168 cm³/mol. The first kappa shape index (κ1) is 35.4. The number of carbonyl (C=O) groups excluding carboxylic acids is 4. The lowest BCUT2D eigenvalue weighted by atomic mass is 9.40. The number of hydrogen-bond acceptors (Lipinski definition) is 11. The van der Waals surface area contributed by atoms with Gasteiger partial charge in [-0.15, -0.1) is 0 Å². The molecule has 1 saturated heterocycles. The van der Waals surface area contributed by atoms with Crippen LogP contribution in [0.15, 0.2) is 24.5 Å². The Labute approximate surface area is 278 Å². The van der Waals surface area contributed by atoms with Gasteiger partial charge in [0.2, 0.25) is 0 Å². The molecule has 1 aliphatic heterocycles. The van der Waals surface area contributed by atoms with Crippen molar-refractivity contribution in [1.29, 1.82) is 0 Å². The van der Waals surface area contributed by atoms with Gasteiger partial charge >= 0.3 is 23.9 Å². The molecule has 262 valence electrons. The summed E-state index contributed by atoms with van der Waals surface area (Å²) in [6.07, 6.45) is 1.12. The molecule has 0 amide bonds. The second kappa shape index (κ2) is 13.2. The SMILES string of the molecule is C=C(C)OCC1OC(OC2C(=C)C3CCC4C5(C)CCCC(C)(C(=O)OC)C5CCC24C3)C(OC(C)=O)C(OC(C)=O)C1OC(C)=O. The molecule has 12 unspecified atom stereocenters. The van der Waals surface area contributed by atoms with Crippen LogP contribution in [0.4, 0.5) is 0 Å². The van der Waals surface area contributed by atoms with Gasteiger partial charge in [-0.25, -0.2) is 0 Å². The summed E-state index contributed by atoms with van der Waals surface area (Å²) >= 11 is 0. The van der Waals surface area contributed by atoms with Crippen LogP contribution in [0.1, 0.15) is 92.9 Å². The molecule has 0 N–H and O–H groups in total. The summed E-state index contributed by atoms with van der Waals surface area (Å²) in [5.41, 5.74) is 0.0141. The predicted octanol–water partition coefficient (Wildman–Crippen LogP) is 5.19. The fourth-order valence-corrected chi connectivity index (χ4v) is 10.5. The molecule has 2 bridgehead atoms. The number of esters is 4. The first-order chi connectivity index (χ1) is 22.1. The normalized spacial score (nSPS) is 42.3. The van der Waals surface area contributed by atoms with Crippen LogP contribution in [0.2, 0.25) is 0 Å². The van der Waals surface area contributed by atoms with Crippen LogP contribution in [0.3, 0.4) is 0 Å². The van der Waals surface area contributed by atoms with Crippen molar-refractivity contribution in [3.8, 4) is 0 Å². The molecule has 5 aliphatic rings. The maximum absolute atomic E-state index is 13.2. The van der Waals surface area contributed by atoms with E-state index in [1.54, 1.807) is 6.92 Å². The van der Waals surface area contributed by atoms with Crippen LogP contribution >= 0.6 is 0 Å².